The van der Waals surface area contributed by atoms with Crippen molar-refractivity contribution in [2.75, 3.05) is 0 Å². The van der Waals surface area contributed by atoms with E-state index in [2.05, 4.69) is 21.0 Å². The van der Waals surface area contributed by atoms with Gasteiger partial charge in [-0.15, -0.1) is 0 Å². The van der Waals surface area contributed by atoms with Crippen LogP contribution < -0.4 is 0 Å². The monoisotopic (exact) mass is 286 g/mol. The number of hydrogen-bond acceptors (Lipinski definition) is 1. The lowest BCUT2D eigenvalue weighted by atomic mass is 10.3. The third kappa shape index (κ3) is 2.14. The SMILES string of the molecule is Cc1cc(C(F)F)nn1-c1ccc(Br)cc1. The summed E-state index contributed by atoms with van der Waals surface area (Å²) >= 11 is 3.32. The Hall–Kier alpha value is -1.23. The topological polar surface area (TPSA) is 17.8 Å². The minimum Gasteiger partial charge on any atom is -0.238 e. The van der Waals surface area contributed by atoms with Crippen LogP contribution in [0.2, 0.25) is 0 Å². The van der Waals surface area contributed by atoms with E-state index in [1.165, 1.54) is 10.7 Å². The van der Waals surface area contributed by atoms with Gasteiger partial charge in [-0.25, -0.2) is 13.5 Å². The van der Waals surface area contributed by atoms with E-state index in [9.17, 15) is 8.78 Å². The fourth-order valence-electron chi connectivity index (χ4n) is 1.45. The molecular weight excluding hydrogens is 278 g/mol. The maximum atomic E-state index is 12.5. The summed E-state index contributed by atoms with van der Waals surface area (Å²) in [7, 11) is 0. The number of alkyl halides is 2. The van der Waals surface area contributed by atoms with Gasteiger partial charge in [0.2, 0.25) is 0 Å². The smallest absolute Gasteiger partial charge is 0.238 e. The molecule has 1 aromatic heterocycles. The fourth-order valence-corrected chi connectivity index (χ4v) is 1.71. The van der Waals surface area contributed by atoms with Gasteiger partial charge in [-0.2, -0.15) is 5.10 Å². The zero-order valence-corrected chi connectivity index (χ0v) is 10.1. The first-order chi connectivity index (χ1) is 7.58. The number of halogens is 3. The molecule has 0 bridgehead atoms. The first-order valence-electron chi connectivity index (χ1n) is 4.68. The van der Waals surface area contributed by atoms with Gasteiger partial charge >= 0.3 is 0 Å². The molecule has 0 aliphatic rings. The zero-order chi connectivity index (χ0) is 11.7. The summed E-state index contributed by atoms with van der Waals surface area (Å²) in [5, 5.41) is 3.86. The molecule has 0 radical (unpaired) electrons. The van der Waals surface area contributed by atoms with Crippen molar-refractivity contribution in [1.82, 2.24) is 9.78 Å². The molecular formula is C11H9BrF2N2. The van der Waals surface area contributed by atoms with Gasteiger partial charge in [0, 0.05) is 10.2 Å². The van der Waals surface area contributed by atoms with Crippen LogP contribution in [-0.4, -0.2) is 9.78 Å². The molecule has 1 aromatic carbocycles. The second-order valence-corrected chi connectivity index (χ2v) is 4.32. The predicted molar refractivity (Wildman–Crippen MR) is 61.0 cm³/mol. The maximum Gasteiger partial charge on any atom is 0.282 e. The van der Waals surface area contributed by atoms with Crippen LogP contribution in [0.3, 0.4) is 0 Å². The number of benzene rings is 1. The van der Waals surface area contributed by atoms with E-state index < -0.39 is 6.43 Å². The molecule has 0 unspecified atom stereocenters. The van der Waals surface area contributed by atoms with E-state index in [4.69, 9.17) is 0 Å². The van der Waals surface area contributed by atoms with Crippen molar-refractivity contribution >= 4 is 15.9 Å². The lowest BCUT2D eigenvalue weighted by molar-refractivity contribution is 0.145. The molecule has 16 heavy (non-hydrogen) atoms. The molecule has 0 saturated carbocycles. The molecule has 0 fully saturated rings. The van der Waals surface area contributed by atoms with Crippen molar-refractivity contribution in [1.29, 1.82) is 0 Å². The molecule has 5 heteroatoms. The molecule has 1 heterocycles. The number of rotatable bonds is 2. The Bertz CT molecular complexity index is 491. The van der Waals surface area contributed by atoms with Crippen molar-refractivity contribution in [3.63, 3.8) is 0 Å². The van der Waals surface area contributed by atoms with Crippen molar-refractivity contribution in [3.8, 4) is 5.69 Å². The normalized spacial score (nSPS) is 11.1. The summed E-state index contributed by atoms with van der Waals surface area (Å²) in [4.78, 5) is 0. The average Bonchev–Trinajstić information content (AvgIpc) is 2.62. The van der Waals surface area contributed by atoms with E-state index in [1.807, 2.05) is 24.3 Å². The molecule has 0 aliphatic heterocycles. The minimum absolute atomic E-state index is 0.194. The molecule has 0 saturated heterocycles. The van der Waals surface area contributed by atoms with Crippen LogP contribution in [0.25, 0.3) is 5.69 Å². The Labute approximate surface area is 100 Å². The number of hydrogen-bond donors (Lipinski definition) is 0. The van der Waals surface area contributed by atoms with Crippen molar-refractivity contribution < 1.29 is 8.78 Å². The summed E-state index contributed by atoms with van der Waals surface area (Å²) in [5.41, 5.74) is 1.27. The van der Waals surface area contributed by atoms with E-state index in [-0.39, 0.29) is 5.69 Å². The summed E-state index contributed by atoms with van der Waals surface area (Å²) in [6.45, 7) is 1.75. The Morgan fingerprint density at radius 3 is 2.38 bits per heavy atom. The van der Waals surface area contributed by atoms with E-state index in [0.717, 1.165) is 10.2 Å². The first-order valence-corrected chi connectivity index (χ1v) is 5.48. The summed E-state index contributed by atoms with van der Waals surface area (Å²) < 4.78 is 27.4. The van der Waals surface area contributed by atoms with Gasteiger partial charge in [0.1, 0.15) is 5.69 Å². The van der Waals surface area contributed by atoms with Crippen molar-refractivity contribution in [2.24, 2.45) is 0 Å². The van der Waals surface area contributed by atoms with Gasteiger partial charge in [-0.05, 0) is 37.3 Å². The van der Waals surface area contributed by atoms with Crippen molar-refractivity contribution in [2.45, 2.75) is 13.3 Å². The van der Waals surface area contributed by atoms with Crippen LogP contribution in [0.15, 0.2) is 34.8 Å². The van der Waals surface area contributed by atoms with Crippen molar-refractivity contribution in [3.05, 3.63) is 46.2 Å². The summed E-state index contributed by atoms with van der Waals surface area (Å²) in [6.07, 6.45) is -2.53. The molecule has 2 nitrogen and oxygen atoms in total. The Morgan fingerprint density at radius 1 is 1.25 bits per heavy atom. The van der Waals surface area contributed by atoms with Crippen LogP contribution in [0.1, 0.15) is 17.8 Å². The standard InChI is InChI=1S/C11H9BrF2N2/c1-7-6-10(11(13)14)15-16(7)9-4-2-8(12)3-5-9/h2-6,11H,1H3. The average molecular weight is 287 g/mol. The molecule has 2 rings (SSSR count). The highest BCUT2D eigenvalue weighted by atomic mass is 79.9. The lowest BCUT2D eigenvalue weighted by Crippen LogP contribution is -1.99. The summed E-state index contributed by atoms with van der Waals surface area (Å²) in [5.74, 6) is 0. The molecule has 2 aromatic rings. The van der Waals surface area contributed by atoms with Crippen LogP contribution in [0.5, 0.6) is 0 Å². The molecule has 0 N–H and O–H groups in total. The maximum absolute atomic E-state index is 12.5. The predicted octanol–water partition coefficient (Wildman–Crippen LogP) is 3.88. The Kier molecular flexibility index (Phi) is 3.05. The minimum atomic E-state index is -2.53. The molecule has 0 aliphatic carbocycles. The van der Waals surface area contributed by atoms with Gasteiger partial charge < -0.3 is 0 Å². The second-order valence-electron chi connectivity index (χ2n) is 3.40. The Balaban J connectivity index is 2.44. The lowest BCUT2D eigenvalue weighted by Gasteiger charge is -2.03. The van der Waals surface area contributed by atoms with Gasteiger partial charge in [0.15, 0.2) is 0 Å². The quantitative estimate of drug-likeness (QED) is 0.819. The van der Waals surface area contributed by atoms with Crippen LogP contribution in [0.4, 0.5) is 8.78 Å². The van der Waals surface area contributed by atoms with E-state index in [1.54, 1.807) is 6.92 Å². The highest BCUT2D eigenvalue weighted by molar-refractivity contribution is 9.10. The van der Waals surface area contributed by atoms with E-state index >= 15 is 0 Å². The van der Waals surface area contributed by atoms with Crippen LogP contribution in [-0.2, 0) is 0 Å². The highest BCUT2D eigenvalue weighted by Gasteiger charge is 2.13. The van der Waals surface area contributed by atoms with Gasteiger partial charge in [-0.3, -0.25) is 0 Å². The molecule has 84 valence electrons. The van der Waals surface area contributed by atoms with Gasteiger partial charge in [-0.1, -0.05) is 15.9 Å². The first kappa shape index (κ1) is 11.3. The number of nitrogens with zero attached hydrogens (tertiary/aromatic N) is 2. The molecule has 0 spiro atoms. The number of aryl methyl sites for hydroxylation is 1. The molecule has 0 amide bonds. The zero-order valence-electron chi connectivity index (χ0n) is 8.49. The fraction of sp³-hybridized carbons (Fsp3) is 0.182. The third-order valence-corrected chi connectivity index (χ3v) is 2.73. The molecule has 0 atom stereocenters. The largest absolute Gasteiger partial charge is 0.282 e. The van der Waals surface area contributed by atoms with Gasteiger partial charge in [0.05, 0.1) is 5.69 Å². The second kappa shape index (κ2) is 4.33. The van der Waals surface area contributed by atoms with Crippen LogP contribution in [0, 0.1) is 6.92 Å². The van der Waals surface area contributed by atoms with Crippen LogP contribution >= 0.6 is 15.9 Å². The summed E-state index contributed by atoms with van der Waals surface area (Å²) in [6, 6.07) is 8.72. The van der Waals surface area contributed by atoms with E-state index in [0.29, 0.717) is 5.69 Å². The Morgan fingerprint density at radius 2 is 1.88 bits per heavy atom. The van der Waals surface area contributed by atoms with Gasteiger partial charge in [0.25, 0.3) is 6.43 Å². The third-order valence-electron chi connectivity index (χ3n) is 2.20. The highest BCUT2D eigenvalue weighted by Crippen LogP contribution is 2.21. The number of aromatic nitrogens is 2.